The molecule has 0 unspecified atom stereocenters. The van der Waals surface area contributed by atoms with Gasteiger partial charge in [0.2, 0.25) is 0 Å². The summed E-state index contributed by atoms with van der Waals surface area (Å²) in [6, 6.07) is 19.6. The molecule has 0 aliphatic rings. The molecule has 0 saturated carbocycles. The monoisotopic (exact) mass is 282 g/mol. The molecule has 0 spiro atoms. The summed E-state index contributed by atoms with van der Waals surface area (Å²) in [4.78, 5) is 0. The van der Waals surface area contributed by atoms with Crippen LogP contribution in [0.2, 0.25) is 0 Å². The third kappa shape index (κ3) is 9.20. The Balaban J connectivity index is 0.000000324. The third-order valence-electron chi connectivity index (χ3n) is 2.47. The van der Waals surface area contributed by atoms with Gasteiger partial charge in [-0.25, -0.2) is 0 Å². The Labute approximate surface area is 145 Å². The Morgan fingerprint density at radius 2 is 0.895 bits per heavy atom. The van der Waals surface area contributed by atoms with Crippen molar-refractivity contribution in [2.24, 2.45) is 0 Å². The smallest absolute Gasteiger partial charge is 0.854 e. The van der Waals surface area contributed by atoms with E-state index in [4.69, 9.17) is 0 Å². The summed E-state index contributed by atoms with van der Waals surface area (Å²) in [7, 11) is 0. The number of hydrogen-bond donors (Lipinski definition) is 0. The quantitative estimate of drug-likeness (QED) is 0.779. The Morgan fingerprint density at radius 1 is 0.579 bits per heavy atom. The van der Waals surface area contributed by atoms with Gasteiger partial charge in [-0.1, -0.05) is 60.7 Å². The summed E-state index contributed by atoms with van der Waals surface area (Å²) in [6.07, 6.45) is 1.31. The Bertz CT molecular complexity index is 362. The summed E-state index contributed by atoms with van der Waals surface area (Å²) >= 11 is 0. The predicted molar refractivity (Wildman–Crippen MR) is 75.8 cm³/mol. The summed E-state index contributed by atoms with van der Waals surface area (Å²) in [5.74, 6) is 0. The van der Waals surface area contributed by atoms with E-state index in [-0.39, 0.29) is 51.0 Å². The molecule has 0 bridgehead atoms. The molecule has 2 rings (SSSR count). The van der Waals surface area contributed by atoms with Gasteiger partial charge < -0.3 is 10.2 Å². The van der Waals surface area contributed by atoms with E-state index in [2.05, 4.69) is 0 Å². The van der Waals surface area contributed by atoms with Crippen LogP contribution in [0.25, 0.3) is 0 Å². The van der Waals surface area contributed by atoms with Crippen molar-refractivity contribution in [3.8, 4) is 0 Å². The van der Waals surface area contributed by atoms with Gasteiger partial charge in [0.1, 0.15) is 0 Å². The Kier molecular flexibility index (Phi) is 12.4. The van der Waals surface area contributed by atoms with Crippen molar-refractivity contribution < 1.29 is 10.2 Å². The van der Waals surface area contributed by atoms with Crippen LogP contribution in [0.5, 0.6) is 0 Å². The number of benzene rings is 2. The molecule has 0 atom stereocenters. The molecule has 0 radical (unpaired) electrons. The molecule has 96 valence electrons. The van der Waals surface area contributed by atoms with Crippen molar-refractivity contribution in [3.05, 3.63) is 71.8 Å². The molecule has 0 aliphatic carbocycles. The van der Waals surface area contributed by atoms with Crippen LogP contribution in [0, 0.1) is 0 Å². The molecular weight excluding hydrogens is 264 g/mol. The zero-order chi connectivity index (χ0) is 13.1. The largest absolute Gasteiger partial charge is 2.00 e. The van der Waals surface area contributed by atoms with Gasteiger partial charge in [-0.3, -0.25) is 0 Å². The van der Waals surface area contributed by atoms with E-state index in [0.717, 1.165) is 11.1 Å². The van der Waals surface area contributed by atoms with E-state index in [0.29, 0.717) is 12.8 Å². The van der Waals surface area contributed by atoms with Crippen molar-refractivity contribution in [3.63, 3.8) is 0 Å². The molecular formula is C16H18CaO2. The van der Waals surface area contributed by atoms with Gasteiger partial charge in [0, 0.05) is 0 Å². The van der Waals surface area contributed by atoms with Crippen molar-refractivity contribution in [2.45, 2.75) is 12.8 Å². The second-order valence-electron chi connectivity index (χ2n) is 3.88. The molecule has 2 aromatic rings. The first-order valence-corrected chi connectivity index (χ1v) is 6.11. The fourth-order valence-electron chi connectivity index (χ4n) is 1.53. The summed E-state index contributed by atoms with van der Waals surface area (Å²) in [5, 5.41) is 20.2. The average molecular weight is 282 g/mol. The SMILES string of the molecule is [Ca+2].[O-]CCc1ccccc1.[O-]CCc1ccccc1. The fourth-order valence-corrected chi connectivity index (χ4v) is 1.53. The number of hydrogen-bond acceptors (Lipinski definition) is 2. The zero-order valence-corrected chi connectivity index (χ0v) is 13.3. The van der Waals surface area contributed by atoms with Crippen LogP contribution in [-0.2, 0) is 12.8 Å². The third-order valence-corrected chi connectivity index (χ3v) is 2.47. The zero-order valence-electron chi connectivity index (χ0n) is 11.1. The summed E-state index contributed by atoms with van der Waals surface area (Å²) in [6.45, 7) is -0.0198. The Hall–Kier alpha value is -0.380. The molecule has 0 heterocycles. The molecule has 3 heteroatoms. The molecule has 0 fully saturated rings. The molecule has 0 saturated heterocycles. The first kappa shape index (κ1) is 18.6. The fraction of sp³-hybridized carbons (Fsp3) is 0.250. The van der Waals surface area contributed by atoms with Crippen LogP contribution in [0.1, 0.15) is 11.1 Å². The van der Waals surface area contributed by atoms with Gasteiger partial charge in [0.25, 0.3) is 0 Å². The van der Waals surface area contributed by atoms with Crippen LogP contribution >= 0.6 is 0 Å². The Morgan fingerprint density at radius 3 is 1.16 bits per heavy atom. The average Bonchev–Trinajstić information content (AvgIpc) is 2.43. The minimum absolute atomic E-state index is 0. The van der Waals surface area contributed by atoms with Crippen LogP contribution in [0.3, 0.4) is 0 Å². The van der Waals surface area contributed by atoms with E-state index in [1.807, 2.05) is 60.7 Å². The molecule has 2 nitrogen and oxygen atoms in total. The van der Waals surface area contributed by atoms with Gasteiger partial charge in [-0.15, -0.1) is 13.2 Å². The van der Waals surface area contributed by atoms with E-state index in [1.165, 1.54) is 0 Å². The van der Waals surface area contributed by atoms with Gasteiger partial charge in [0.15, 0.2) is 0 Å². The minimum Gasteiger partial charge on any atom is -0.854 e. The second-order valence-corrected chi connectivity index (χ2v) is 3.88. The molecule has 19 heavy (non-hydrogen) atoms. The maximum Gasteiger partial charge on any atom is 2.00 e. The van der Waals surface area contributed by atoms with Gasteiger partial charge in [-0.2, -0.15) is 0 Å². The molecule has 2 aromatic carbocycles. The van der Waals surface area contributed by atoms with Crippen LogP contribution < -0.4 is 10.2 Å². The maximum atomic E-state index is 10.1. The van der Waals surface area contributed by atoms with Crippen molar-refractivity contribution in [2.75, 3.05) is 13.2 Å². The van der Waals surface area contributed by atoms with Crippen molar-refractivity contribution >= 4 is 37.7 Å². The van der Waals surface area contributed by atoms with Crippen LogP contribution in [-0.4, -0.2) is 51.0 Å². The summed E-state index contributed by atoms with van der Waals surface area (Å²) in [5.41, 5.74) is 2.26. The van der Waals surface area contributed by atoms with E-state index in [1.54, 1.807) is 0 Å². The molecule has 0 aromatic heterocycles. The van der Waals surface area contributed by atoms with Gasteiger partial charge in [0.05, 0.1) is 0 Å². The van der Waals surface area contributed by atoms with E-state index >= 15 is 0 Å². The van der Waals surface area contributed by atoms with E-state index < -0.39 is 0 Å². The standard InChI is InChI=1S/2C8H9O.Ca/c2*9-7-6-8-4-2-1-3-5-8;/h2*1-5H,6-7H2;/q2*-1;+2. The first-order valence-electron chi connectivity index (χ1n) is 6.11. The summed E-state index contributed by atoms with van der Waals surface area (Å²) < 4.78 is 0. The number of rotatable bonds is 4. The minimum atomic E-state index is -0.00991. The van der Waals surface area contributed by atoms with Crippen LogP contribution in [0.4, 0.5) is 0 Å². The predicted octanol–water partition coefficient (Wildman–Crippen LogP) is 0.798. The normalized spacial score (nSPS) is 8.95. The van der Waals surface area contributed by atoms with Crippen molar-refractivity contribution in [1.82, 2.24) is 0 Å². The molecule has 0 aliphatic heterocycles. The molecule has 0 amide bonds. The molecule has 0 N–H and O–H groups in total. The topological polar surface area (TPSA) is 46.1 Å². The second kappa shape index (κ2) is 12.6. The maximum absolute atomic E-state index is 10.1. The van der Waals surface area contributed by atoms with Gasteiger partial charge >= 0.3 is 37.7 Å². The first-order chi connectivity index (χ1) is 8.86. The van der Waals surface area contributed by atoms with Crippen molar-refractivity contribution in [1.29, 1.82) is 0 Å². The van der Waals surface area contributed by atoms with E-state index in [9.17, 15) is 10.2 Å². The van der Waals surface area contributed by atoms with Crippen LogP contribution in [0.15, 0.2) is 60.7 Å². The van der Waals surface area contributed by atoms with Gasteiger partial charge in [-0.05, 0) is 24.0 Å².